The summed E-state index contributed by atoms with van der Waals surface area (Å²) in [7, 11) is 0. The molecule has 0 spiro atoms. The third-order valence-electron chi connectivity index (χ3n) is 4.05. The van der Waals surface area contributed by atoms with Crippen LogP contribution in [-0.2, 0) is 16.2 Å². The molecule has 0 atom stereocenters. The zero-order valence-electron chi connectivity index (χ0n) is 15.1. The lowest BCUT2D eigenvalue weighted by Crippen LogP contribution is -2.22. The van der Waals surface area contributed by atoms with Gasteiger partial charge in [0.25, 0.3) is 5.56 Å². The molecule has 9 heteroatoms. The molecule has 8 nitrogen and oxygen atoms in total. The fourth-order valence-electron chi connectivity index (χ4n) is 2.72. The Kier molecular flexibility index (Phi) is 5.39. The second-order valence-electron chi connectivity index (χ2n) is 6.00. The number of aromatic nitrogens is 4. The van der Waals surface area contributed by atoms with Crippen molar-refractivity contribution in [2.24, 2.45) is 0 Å². The standard InChI is InChI=1S/C20H15N5O3S/c26-13-28-24-16-3-1-2-14(10-16)11-25-19(27)5-4-17(23-25)20-22-18(12-29-20)15-6-8-21-9-7-15/h1-10,12-13,24H,11H2. The SMILES string of the molecule is O=CONc1cccc(Cn2nc(-c3nc(-c4ccncc4)cs3)ccc2=O)c1. The molecule has 0 saturated heterocycles. The second kappa shape index (κ2) is 8.44. The molecule has 3 heterocycles. The van der Waals surface area contributed by atoms with Crippen LogP contribution >= 0.6 is 11.3 Å². The highest BCUT2D eigenvalue weighted by Crippen LogP contribution is 2.27. The van der Waals surface area contributed by atoms with Gasteiger partial charge in [-0.3, -0.25) is 14.6 Å². The highest BCUT2D eigenvalue weighted by atomic mass is 32.1. The number of carbonyl (C=O) groups excluding carboxylic acids is 1. The van der Waals surface area contributed by atoms with Gasteiger partial charge < -0.3 is 4.84 Å². The van der Waals surface area contributed by atoms with Gasteiger partial charge in [-0.15, -0.1) is 11.3 Å². The maximum Gasteiger partial charge on any atom is 0.320 e. The van der Waals surface area contributed by atoms with Crippen LogP contribution in [0.3, 0.4) is 0 Å². The summed E-state index contributed by atoms with van der Waals surface area (Å²) in [6.45, 7) is 0.572. The van der Waals surface area contributed by atoms with Crippen molar-refractivity contribution in [1.82, 2.24) is 19.7 Å². The molecule has 3 aromatic heterocycles. The van der Waals surface area contributed by atoms with Crippen LogP contribution < -0.4 is 11.0 Å². The van der Waals surface area contributed by atoms with Crippen molar-refractivity contribution in [2.45, 2.75) is 6.54 Å². The largest absolute Gasteiger partial charge is 0.347 e. The molecule has 0 radical (unpaired) electrons. The third-order valence-corrected chi connectivity index (χ3v) is 4.92. The molecule has 0 aliphatic heterocycles. The fourth-order valence-corrected chi connectivity index (χ4v) is 3.51. The van der Waals surface area contributed by atoms with E-state index < -0.39 is 0 Å². The lowest BCUT2D eigenvalue weighted by Gasteiger charge is -2.08. The topological polar surface area (TPSA) is 99.0 Å². The summed E-state index contributed by atoms with van der Waals surface area (Å²) >= 11 is 1.46. The number of hydrogen-bond donors (Lipinski definition) is 1. The predicted octanol–water partition coefficient (Wildman–Crippen LogP) is 2.98. The molecule has 144 valence electrons. The number of nitrogens with one attached hydrogen (secondary N) is 1. The van der Waals surface area contributed by atoms with E-state index in [0.29, 0.717) is 17.9 Å². The number of thiazole rings is 1. The van der Waals surface area contributed by atoms with Crippen molar-refractivity contribution in [3.05, 3.63) is 82.2 Å². The Bertz CT molecular complexity index is 1190. The van der Waals surface area contributed by atoms with Gasteiger partial charge in [-0.2, -0.15) is 5.10 Å². The zero-order valence-corrected chi connectivity index (χ0v) is 15.9. The van der Waals surface area contributed by atoms with Gasteiger partial charge in [-0.25, -0.2) is 15.1 Å². The molecule has 4 aromatic rings. The number of anilines is 1. The summed E-state index contributed by atoms with van der Waals surface area (Å²) in [6.07, 6.45) is 3.44. The summed E-state index contributed by atoms with van der Waals surface area (Å²) in [6, 6.07) is 14.1. The van der Waals surface area contributed by atoms with Crippen LogP contribution in [0.5, 0.6) is 0 Å². The Labute approximate surface area is 169 Å². The van der Waals surface area contributed by atoms with Gasteiger partial charge >= 0.3 is 6.47 Å². The highest BCUT2D eigenvalue weighted by Gasteiger charge is 2.10. The minimum atomic E-state index is -0.220. The van der Waals surface area contributed by atoms with Crippen LogP contribution in [0.25, 0.3) is 22.0 Å². The second-order valence-corrected chi connectivity index (χ2v) is 6.86. The van der Waals surface area contributed by atoms with Crippen LogP contribution in [0.15, 0.2) is 71.1 Å². The van der Waals surface area contributed by atoms with E-state index in [2.05, 4.69) is 25.4 Å². The Hall–Kier alpha value is -3.85. The predicted molar refractivity (Wildman–Crippen MR) is 109 cm³/mol. The van der Waals surface area contributed by atoms with Gasteiger partial charge in [-0.1, -0.05) is 12.1 Å². The summed E-state index contributed by atoms with van der Waals surface area (Å²) < 4.78 is 1.38. The number of nitrogens with zero attached hydrogens (tertiary/aromatic N) is 4. The normalized spacial score (nSPS) is 10.5. The summed E-state index contributed by atoms with van der Waals surface area (Å²) in [4.78, 5) is 35.8. The first-order valence-electron chi connectivity index (χ1n) is 8.61. The van der Waals surface area contributed by atoms with Crippen LogP contribution in [0.1, 0.15) is 5.56 Å². The Balaban J connectivity index is 1.59. The Morgan fingerprint density at radius 1 is 1.10 bits per heavy atom. The van der Waals surface area contributed by atoms with Crippen molar-refractivity contribution < 1.29 is 9.63 Å². The van der Waals surface area contributed by atoms with E-state index in [9.17, 15) is 9.59 Å². The molecule has 0 fully saturated rings. The average molecular weight is 405 g/mol. The number of carbonyl (C=O) groups is 1. The van der Waals surface area contributed by atoms with Gasteiger partial charge in [0.2, 0.25) is 0 Å². The van der Waals surface area contributed by atoms with Gasteiger partial charge in [0.15, 0.2) is 0 Å². The molecule has 29 heavy (non-hydrogen) atoms. The average Bonchev–Trinajstić information content (AvgIpc) is 3.25. The Morgan fingerprint density at radius 3 is 2.79 bits per heavy atom. The van der Waals surface area contributed by atoms with Crippen LogP contribution in [0.4, 0.5) is 5.69 Å². The van der Waals surface area contributed by atoms with E-state index in [0.717, 1.165) is 21.8 Å². The van der Waals surface area contributed by atoms with Gasteiger partial charge in [0.1, 0.15) is 10.7 Å². The molecule has 0 aliphatic carbocycles. The van der Waals surface area contributed by atoms with Crippen molar-refractivity contribution in [3.8, 4) is 22.0 Å². The van der Waals surface area contributed by atoms with Crippen molar-refractivity contribution >= 4 is 23.5 Å². The Morgan fingerprint density at radius 2 is 1.97 bits per heavy atom. The molecule has 0 aliphatic rings. The molecule has 1 aromatic carbocycles. The van der Waals surface area contributed by atoms with Crippen LogP contribution in [0, 0.1) is 0 Å². The smallest absolute Gasteiger partial charge is 0.320 e. The van der Waals surface area contributed by atoms with Gasteiger partial charge in [-0.05, 0) is 35.9 Å². The summed E-state index contributed by atoms with van der Waals surface area (Å²) in [5, 5.41) is 7.14. The minimum absolute atomic E-state index is 0.220. The molecular formula is C20H15N5O3S. The number of benzene rings is 1. The van der Waals surface area contributed by atoms with Crippen LogP contribution in [0.2, 0.25) is 0 Å². The lowest BCUT2D eigenvalue weighted by atomic mass is 10.2. The molecule has 0 bridgehead atoms. The first-order valence-corrected chi connectivity index (χ1v) is 9.49. The molecular weight excluding hydrogens is 390 g/mol. The van der Waals surface area contributed by atoms with E-state index in [4.69, 9.17) is 0 Å². The molecule has 0 saturated carbocycles. The molecule has 0 unspecified atom stereocenters. The molecule has 4 rings (SSSR count). The van der Waals surface area contributed by atoms with Crippen molar-refractivity contribution in [1.29, 1.82) is 0 Å². The van der Waals surface area contributed by atoms with Crippen LogP contribution in [-0.4, -0.2) is 26.2 Å². The summed E-state index contributed by atoms with van der Waals surface area (Å²) in [5.74, 6) is 0. The van der Waals surface area contributed by atoms with E-state index in [1.807, 2.05) is 23.6 Å². The first-order chi connectivity index (χ1) is 14.2. The fraction of sp³-hybridized carbons (Fsp3) is 0.0500. The van der Waals surface area contributed by atoms with Crippen molar-refractivity contribution in [3.63, 3.8) is 0 Å². The number of hydrogen-bond acceptors (Lipinski definition) is 8. The maximum atomic E-state index is 12.3. The minimum Gasteiger partial charge on any atom is -0.347 e. The quantitative estimate of drug-likeness (QED) is 0.373. The van der Waals surface area contributed by atoms with Gasteiger partial charge in [0.05, 0.1) is 17.9 Å². The zero-order chi connectivity index (χ0) is 20.1. The number of rotatable bonds is 7. The van der Waals surface area contributed by atoms with E-state index >= 15 is 0 Å². The van der Waals surface area contributed by atoms with Gasteiger partial charge in [0, 0.05) is 29.4 Å². The van der Waals surface area contributed by atoms with Crippen molar-refractivity contribution in [2.75, 3.05) is 5.48 Å². The molecule has 0 amide bonds. The lowest BCUT2D eigenvalue weighted by molar-refractivity contribution is -0.126. The monoisotopic (exact) mass is 405 g/mol. The van der Waals surface area contributed by atoms with E-state index in [1.54, 1.807) is 36.7 Å². The van der Waals surface area contributed by atoms with E-state index in [-0.39, 0.29) is 12.1 Å². The van der Waals surface area contributed by atoms with E-state index in [1.165, 1.54) is 22.1 Å². The molecule has 1 N–H and O–H groups in total. The first kappa shape index (κ1) is 18.5. The maximum absolute atomic E-state index is 12.3. The number of pyridine rings is 1. The highest BCUT2D eigenvalue weighted by molar-refractivity contribution is 7.13. The third kappa shape index (κ3) is 4.36. The summed E-state index contributed by atoms with van der Waals surface area (Å²) in [5.41, 5.74) is 6.13.